The van der Waals surface area contributed by atoms with Gasteiger partial charge in [0.15, 0.2) is 0 Å². The Morgan fingerprint density at radius 1 is 1.14 bits per heavy atom. The summed E-state index contributed by atoms with van der Waals surface area (Å²) in [6.45, 7) is 4.87. The minimum absolute atomic E-state index is 0.0209. The van der Waals surface area contributed by atoms with E-state index >= 15 is 0 Å². The highest BCUT2D eigenvalue weighted by atomic mass is 16.3. The van der Waals surface area contributed by atoms with Crippen molar-refractivity contribution in [1.82, 2.24) is 5.32 Å². The normalized spacial score (nSPS) is 32.2. The molecule has 2 rings (SSSR count). The third-order valence-electron chi connectivity index (χ3n) is 5.53. The molecule has 21 heavy (non-hydrogen) atoms. The van der Waals surface area contributed by atoms with Gasteiger partial charge in [-0.05, 0) is 43.9 Å². The zero-order chi connectivity index (χ0) is 15.5. The highest BCUT2D eigenvalue weighted by molar-refractivity contribution is 5.79. The fourth-order valence-electron chi connectivity index (χ4n) is 3.61. The van der Waals surface area contributed by atoms with Crippen molar-refractivity contribution in [3.63, 3.8) is 0 Å². The SMILES string of the molecule is CC1(C)CCC(O)(CNC(=O)C2CCCCCC2N)CC1. The molecule has 4 N–H and O–H groups in total. The van der Waals surface area contributed by atoms with E-state index in [1.165, 1.54) is 6.42 Å². The molecule has 2 unspecified atom stereocenters. The van der Waals surface area contributed by atoms with Crippen LogP contribution in [0.4, 0.5) is 0 Å². The first-order valence-electron chi connectivity index (χ1n) is 8.57. The van der Waals surface area contributed by atoms with Gasteiger partial charge in [0, 0.05) is 12.6 Å². The minimum Gasteiger partial charge on any atom is -0.388 e. The zero-order valence-electron chi connectivity index (χ0n) is 13.7. The smallest absolute Gasteiger partial charge is 0.224 e. The number of carbonyl (C=O) groups is 1. The number of rotatable bonds is 3. The van der Waals surface area contributed by atoms with E-state index in [0.717, 1.165) is 51.4 Å². The van der Waals surface area contributed by atoms with E-state index in [-0.39, 0.29) is 17.9 Å². The molecular weight excluding hydrogens is 264 g/mol. The first-order valence-corrected chi connectivity index (χ1v) is 8.57. The molecule has 2 aliphatic rings. The van der Waals surface area contributed by atoms with Crippen molar-refractivity contribution in [2.24, 2.45) is 17.1 Å². The van der Waals surface area contributed by atoms with Crippen LogP contribution in [0.25, 0.3) is 0 Å². The Labute approximate surface area is 128 Å². The van der Waals surface area contributed by atoms with Gasteiger partial charge in [0.2, 0.25) is 5.91 Å². The summed E-state index contributed by atoms with van der Waals surface area (Å²) >= 11 is 0. The van der Waals surface area contributed by atoms with Crippen molar-refractivity contribution in [2.45, 2.75) is 83.3 Å². The van der Waals surface area contributed by atoms with Gasteiger partial charge in [0.05, 0.1) is 11.5 Å². The van der Waals surface area contributed by atoms with E-state index in [2.05, 4.69) is 19.2 Å². The van der Waals surface area contributed by atoms with Crippen LogP contribution in [0.2, 0.25) is 0 Å². The average Bonchev–Trinajstić information content (AvgIpc) is 2.65. The van der Waals surface area contributed by atoms with E-state index < -0.39 is 5.60 Å². The van der Waals surface area contributed by atoms with E-state index in [4.69, 9.17) is 5.73 Å². The van der Waals surface area contributed by atoms with Crippen molar-refractivity contribution in [3.05, 3.63) is 0 Å². The number of hydrogen-bond donors (Lipinski definition) is 3. The molecular formula is C17H32N2O2. The predicted octanol–water partition coefficient (Wildman–Crippen LogP) is 2.34. The number of nitrogens with two attached hydrogens (primary N) is 1. The molecule has 0 aromatic carbocycles. The number of hydrogen-bond acceptors (Lipinski definition) is 3. The van der Waals surface area contributed by atoms with Gasteiger partial charge in [-0.3, -0.25) is 4.79 Å². The van der Waals surface area contributed by atoms with E-state index in [0.29, 0.717) is 12.0 Å². The van der Waals surface area contributed by atoms with Gasteiger partial charge < -0.3 is 16.2 Å². The Kier molecular flexibility index (Phi) is 5.31. The lowest BCUT2D eigenvalue weighted by Gasteiger charge is -2.40. The van der Waals surface area contributed by atoms with Gasteiger partial charge >= 0.3 is 0 Å². The number of carbonyl (C=O) groups excluding carboxylic acids is 1. The molecule has 2 saturated carbocycles. The molecule has 0 aromatic heterocycles. The molecule has 0 heterocycles. The van der Waals surface area contributed by atoms with Crippen LogP contribution in [0.3, 0.4) is 0 Å². The maximum absolute atomic E-state index is 12.4. The lowest BCUT2D eigenvalue weighted by Crippen LogP contribution is -2.49. The topological polar surface area (TPSA) is 75.3 Å². The number of aliphatic hydroxyl groups is 1. The number of nitrogens with one attached hydrogen (secondary N) is 1. The predicted molar refractivity (Wildman–Crippen MR) is 84.8 cm³/mol. The maximum Gasteiger partial charge on any atom is 0.224 e. The Balaban J connectivity index is 1.83. The summed E-state index contributed by atoms with van der Waals surface area (Å²) in [5.74, 6) is -0.0289. The second-order valence-electron chi connectivity index (χ2n) is 8.01. The average molecular weight is 296 g/mol. The van der Waals surface area contributed by atoms with Gasteiger partial charge in [-0.15, -0.1) is 0 Å². The van der Waals surface area contributed by atoms with Crippen LogP contribution in [0.5, 0.6) is 0 Å². The third-order valence-corrected chi connectivity index (χ3v) is 5.53. The summed E-state index contributed by atoms with van der Waals surface area (Å²) in [7, 11) is 0. The van der Waals surface area contributed by atoms with Crippen molar-refractivity contribution < 1.29 is 9.90 Å². The molecule has 0 radical (unpaired) electrons. The molecule has 4 nitrogen and oxygen atoms in total. The highest BCUT2D eigenvalue weighted by Gasteiger charge is 2.37. The molecule has 2 aliphatic carbocycles. The van der Waals surface area contributed by atoms with Gasteiger partial charge in [-0.1, -0.05) is 33.1 Å². The van der Waals surface area contributed by atoms with Gasteiger partial charge in [-0.25, -0.2) is 0 Å². The Morgan fingerprint density at radius 2 is 1.76 bits per heavy atom. The van der Waals surface area contributed by atoms with Crippen LogP contribution in [0.1, 0.15) is 71.6 Å². The summed E-state index contributed by atoms with van der Waals surface area (Å²) in [5.41, 5.74) is 5.73. The first-order chi connectivity index (χ1) is 9.81. The molecule has 0 bridgehead atoms. The Hall–Kier alpha value is -0.610. The summed E-state index contributed by atoms with van der Waals surface area (Å²) in [6.07, 6.45) is 8.80. The second kappa shape index (κ2) is 6.66. The van der Waals surface area contributed by atoms with E-state index in [1.54, 1.807) is 0 Å². The molecule has 0 spiro atoms. The Bertz CT molecular complexity index is 358. The standard InChI is InChI=1S/C17H32N2O2/c1-16(2)8-10-17(21,11-9-16)12-19-15(20)13-6-4-3-5-7-14(13)18/h13-14,21H,3-12,18H2,1-2H3,(H,19,20). The summed E-state index contributed by atoms with van der Waals surface area (Å²) in [6, 6.07) is -0.0209. The molecule has 1 amide bonds. The summed E-state index contributed by atoms with van der Waals surface area (Å²) in [5, 5.41) is 13.6. The number of amides is 1. The quantitative estimate of drug-likeness (QED) is 0.700. The van der Waals surface area contributed by atoms with Gasteiger partial charge in [0.1, 0.15) is 0 Å². The lowest BCUT2D eigenvalue weighted by atomic mass is 9.71. The van der Waals surface area contributed by atoms with Crippen LogP contribution in [-0.4, -0.2) is 29.2 Å². The van der Waals surface area contributed by atoms with Gasteiger partial charge in [-0.2, -0.15) is 0 Å². The zero-order valence-corrected chi connectivity index (χ0v) is 13.7. The molecule has 2 atom stereocenters. The summed E-state index contributed by atoms with van der Waals surface area (Å²) < 4.78 is 0. The van der Waals surface area contributed by atoms with Crippen LogP contribution in [-0.2, 0) is 4.79 Å². The van der Waals surface area contributed by atoms with Crippen LogP contribution in [0.15, 0.2) is 0 Å². The highest BCUT2D eigenvalue weighted by Crippen LogP contribution is 2.39. The molecule has 0 aliphatic heterocycles. The monoisotopic (exact) mass is 296 g/mol. The summed E-state index contributed by atoms with van der Waals surface area (Å²) in [4.78, 5) is 12.4. The fraction of sp³-hybridized carbons (Fsp3) is 0.941. The van der Waals surface area contributed by atoms with Crippen molar-refractivity contribution in [1.29, 1.82) is 0 Å². The van der Waals surface area contributed by atoms with Crippen LogP contribution < -0.4 is 11.1 Å². The van der Waals surface area contributed by atoms with Crippen LogP contribution in [0, 0.1) is 11.3 Å². The molecule has 0 aromatic rings. The van der Waals surface area contributed by atoms with Crippen LogP contribution >= 0.6 is 0 Å². The van der Waals surface area contributed by atoms with E-state index in [9.17, 15) is 9.90 Å². The molecule has 2 fully saturated rings. The third kappa shape index (κ3) is 4.68. The van der Waals surface area contributed by atoms with Crippen molar-refractivity contribution in [3.8, 4) is 0 Å². The van der Waals surface area contributed by atoms with Crippen molar-refractivity contribution in [2.75, 3.05) is 6.54 Å². The fourth-order valence-corrected chi connectivity index (χ4v) is 3.61. The van der Waals surface area contributed by atoms with E-state index in [1.807, 2.05) is 0 Å². The van der Waals surface area contributed by atoms with Crippen molar-refractivity contribution >= 4 is 5.91 Å². The largest absolute Gasteiger partial charge is 0.388 e. The molecule has 122 valence electrons. The molecule has 0 saturated heterocycles. The first kappa shape index (κ1) is 16.8. The Morgan fingerprint density at radius 3 is 2.43 bits per heavy atom. The molecule has 4 heteroatoms. The second-order valence-corrected chi connectivity index (χ2v) is 8.01. The minimum atomic E-state index is -0.722. The lowest BCUT2D eigenvalue weighted by molar-refractivity contribution is -0.127. The van der Waals surface area contributed by atoms with Gasteiger partial charge in [0.25, 0.3) is 0 Å². The maximum atomic E-state index is 12.4.